The summed E-state index contributed by atoms with van der Waals surface area (Å²) < 4.78 is 5.89. The molecule has 1 heterocycles. The Morgan fingerprint density at radius 1 is 1.26 bits per heavy atom. The maximum absolute atomic E-state index is 11.9. The highest BCUT2D eigenvalue weighted by atomic mass is 35.5. The third-order valence-electron chi connectivity index (χ3n) is 4.00. The van der Waals surface area contributed by atoms with Crippen LogP contribution in [0.3, 0.4) is 0 Å². The normalized spacial score (nSPS) is 22.8. The van der Waals surface area contributed by atoms with Gasteiger partial charge < -0.3 is 15.4 Å². The lowest BCUT2D eigenvalue weighted by atomic mass is 10.0. The highest BCUT2D eigenvalue weighted by molar-refractivity contribution is 5.85. The monoisotopic (exact) mass is 290 g/mol. The van der Waals surface area contributed by atoms with Crippen LogP contribution in [0.2, 0.25) is 0 Å². The smallest absolute Gasteiger partial charge is 0.248 e. The number of hydrogen-bond donors (Lipinski definition) is 2. The molecule has 112 valence electrons. The van der Waals surface area contributed by atoms with Gasteiger partial charge in [-0.2, -0.15) is 0 Å². The van der Waals surface area contributed by atoms with Crippen molar-refractivity contribution in [1.29, 1.82) is 0 Å². The topological polar surface area (TPSA) is 50.4 Å². The maximum atomic E-state index is 11.9. The molecule has 1 amide bonds. The number of ether oxygens (including phenoxy) is 1. The first kappa shape index (κ1) is 16.7. The quantitative estimate of drug-likeness (QED) is 0.760. The first-order valence-electron chi connectivity index (χ1n) is 7.39. The van der Waals surface area contributed by atoms with Gasteiger partial charge in [-0.3, -0.25) is 4.79 Å². The van der Waals surface area contributed by atoms with Crippen LogP contribution in [-0.4, -0.2) is 37.7 Å². The molecule has 19 heavy (non-hydrogen) atoms. The minimum absolute atomic E-state index is 0. The largest absolute Gasteiger partial charge is 0.365 e. The van der Waals surface area contributed by atoms with Crippen molar-refractivity contribution in [3.05, 3.63) is 0 Å². The van der Waals surface area contributed by atoms with Crippen molar-refractivity contribution < 1.29 is 9.53 Å². The minimum atomic E-state index is -0.305. The van der Waals surface area contributed by atoms with E-state index in [2.05, 4.69) is 10.6 Å². The number of hydrogen-bond acceptors (Lipinski definition) is 3. The molecule has 0 aromatic carbocycles. The molecule has 5 heteroatoms. The third-order valence-corrected chi connectivity index (χ3v) is 4.00. The molecule has 0 spiro atoms. The zero-order valence-electron chi connectivity index (χ0n) is 11.8. The molecule has 0 bridgehead atoms. The minimum Gasteiger partial charge on any atom is -0.365 e. The van der Waals surface area contributed by atoms with E-state index in [0.717, 1.165) is 32.5 Å². The van der Waals surface area contributed by atoms with Gasteiger partial charge in [-0.1, -0.05) is 25.7 Å². The molecular formula is C14H27ClN2O2. The van der Waals surface area contributed by atoms with Crippen molar-refractivity contribution >= 4 is 18.3 Å². The lowest BCUT2D eigenvalue weighted by molar-refractivity contribution is -0.136. The zero-order valence-corrected chi connectivity index (χ0v) is 12.6. The van der Waals surface area contributed by atoms with Gasteiger partial charge in [0, 0.05) is 25.6 Å². The lowest BCUT2D eigenvalue weighted by Crippen LogP contribution is -2.49. The van der Waals surface area contributed by atoms with Gasteiger partial charge in [-0.05, 0) is 19.8 Å². The van der Waals surface area contributed by atoms with Crippen molar-refractivity contribution in [2.75, 3.05) is 19.6 Å². The molecular weight excluding hydrogens is 264 g/mol. The average molecular weight is 291 g/mol. The van der Waals surface area contributed by atoms with E-state index in [1.807, 2.05) is 6.92 Å². The standard InChI is InChI=1S/C14H26N2O2.ClH/c1-11(14(17)16-10-12-8-15-9-12)18-13-6-4-2-3-5-7-13;/h11-13,15H,2-10H2,1H3,(H,16,17);1H. The van der Waals surface area contributed by atoms with Crippen LogP contribution in [0.4, 0.5) is 0 Å². The molecule has 4 nitrogen and oxygen atoms in total. The Hall–Kier alpha value is -0.320. The summed E-state index contributed by atoms with van der Waals surface area (Å²) in [5, 5.41) is 6.19. The fourth-order valence-corrected chi connectivity index (χ4v) is 2.61. The summed E-state index contributed by atoms with van der Waals surface area (Å²) in [5.41, 5.74) is 0. The first-order valence-corrected chi connectivity index (χ1v) is 7.39. The van der Waals surface area contributed by atoms with Crippen LogP contribution in [-0.2, 0) is 9.53 Å². The SMILES string of the molecule is CC(OC1CCCCCC1)C(=O)NCC1CNC1.Cl. The van der Waals surface area contributed by atoms with Crippen LogP contribution >= 0.6 is 12.4 Å². The predicted octanol–water partition coefficient (Wildman–Crippen LogP) is 1.87. The van der Waals surface area contributed by atoms with E-state index in [1.165, 1.54) is 25.7 Å². The van der Waals surface area contributed by atoms with Crippen molar-refractivity contribution in [1.82, 2.24) is 10.6 Å². The maximum Gasteiger partial charge on any atom is 0.248 e. The number of carbonyl (C=O) groups excluding carboxylic acids is 1. The van der Waals surface area contributed by atoms with Gasteiger partial charge in [0.1, 0.15) is 6.10 Å². The van der Waals surface area contributed by atoms with E-state index in [1.54, 1.807) is 0 Å². The molecule has 1 unspecified atom stereocenters. The molecule has 0 aromatic heterocycles. The zero-order chi connectivity index (χ0) is 12.8. The van der Waals surface area contributed by atoms with Crippen molar-refractivity contribution in [3.8, 4) is 0 Å². The van der Waals surface area contributed by atoms with Crippen LogP contribution in [0.5, 0.6) is 0 Å². The number of nitrogens with one attached hydrogen (secondary N) is 2. The Labute approximate surface area is 122 Å². The highest BCUT2D eigenvalue weighted by Crippen LogP contribution is 2.20. The second-order valence-corrected chi connectivity index (χ2v) is 5.66. The van der Waals surface area contributed by atoms with Gasteiger partial charge in [-0.25, -0.2) is 0 Å². The van der Waals surface area contributed by atoms with E-state index >= 15 is 0 Å². The lowest BCUT2D eigenvalue weighted by Gasteiger charge is -2.28. The molecule has 1 atom stereocenters. The Kier molecular flexibility index (Phi) is 7.73. The van der Waals surface area contributed by atoms with Gasteiger partial charge in [0.25, 0.3) is 0 Å². The van der Waals surface area contributed by atoms with Crippen LogP contribution in [0.25, 0.3) is 0 Å². The number of carbonyl (C=O) groups is 1. The Morgan fingerprint density at radius 2 is 1.89 bits per heavy atom. The number of rotatable bonds is 5. The van der Waals surface area contributed by atoms with Crippen LogP contribution < -0.4 is 10.6 Å². The third kappa shape index (κ3) is 5.67. The molecule has 2 N–H and O–H groups in total. The second-order valence-electron chi connectivity index (χ2n) is 5.66. The fourth-order valence-electron chi connectivity index (χ4n) is 2.61. The molecule has 2 aliphatic rings. The van der Waals surface area contributed by atoms with Crippen molar-refractivity contribution in [3.63, 3.8) is 0 Å². The predicted molar refractivity (Wildman–Crippen MR) is 78.7 cm³/mol. The van der Waals surface area contributed by atoms with Gasteiger partial charge in [0.2, 0.25) is 5.91 Å². The summed E-state index contributed by atoms with van der Waals surface area (Å²) in [6.45, 7) is 4.71. The molecule has 2 rings (SSSR count). The average Bonchev–Trinajstić information content (AvgIpc) is 2.55. The summed E-state index contributed by atoms with van der Waals surface area (Å²) in [5.74, 6) is 0.658. The van der Waals surface area contributed by atoms with Crippen molar-refractivity contribution in [2.24, 2.45) is 5.92 Å². The summed E-state index contributed by atoms with van der Waals surface area (Å²) in [6, 6.07) is 0. The van der Waals surface area contributed by atoms with E-state index in [9.17, 15) is 4.79 Å². The van der Waals surface area contributed by atoms with Gasteiger partial charge in [-0.15, -0.1) is 12.4 Å². The fraction of sp³-hybridized carbons (Fsp3) is 0.929. The van der Waals surface area contributed by atoms with E-state index in [4.69, 9.17) is 4.74 Å². The molecule has 1 aliphatic heterocycles. The van der Waals surface area contributed by atoms with Crippen LogP contribution in [0, 0.1) is 5.92 Å². The van der Waals surface area contributed by atoms with Gasteiger partial charge >= 0.3 is 0 Å². The van der Waals surface area contributed by atoms with Crippen LogP contribution in [0.15, 0.2) is 0 Å². The summed E-state index contributed by atoms with van der Waals surface area (Å²) >= 11 is 0. The van der Waals surface area contributed by atoms with E-state index in [-0.39, 0.29) is 24.4 Å². The first-order chi connectivity index (χ1) is 8.75. The number of halogens is 1. The Morgan fingerprint density at radius 3 is 2.42 bits per heavy atom. The Bertz CT molecular complexity index is 264. The van der Waals surface area contributed by atoms with Crippen molar-refractivity contribution in [2.45, 2.75) is 57.7 Å². The highest BCUT2D eigenvalue weighted by Gasteiger charge is 2.22. The van der Waals surface area contributed by atoms with E-state index in [0.29, 0.717) is 12.0 Å². The molecule has 0 radical (unpaired) electrons. The second kappa shape index (κ2) is 8.77. The molecule has 1 saturated carbocycles. The van der Waals surface area contributed by atoms with Crippen LogP contribution in [0.1, 0.15) is 45.4 Å². The van der Waals surface area contributed by atoms with Gasteiger partial charge in [0.15, 0.2) is 0 Å². The summed E-state index contributed by atoms with van der Waals surface area (Å²) in [6.07, 6.45) is 7.33. The molecule has 2 fully saturated rings. The van der Waals surface area contributed by atoms with Gasteiger partial charge in [0.05, 0.1) is 6.10 Å². The molecule has 0 aromatic rings. The van der Waals surface area contributed by atoms with E-state index < -0.39 is 0 Å². The summed E-state index contributed by atoms with van der Waals surface area (Å²) in [7, 11) is 0. The number of amides is 1. The summed E-state index contributed by atoms with van der Waals surface area (Å²) in [4.78, 5) is 11.9. The molecule has 1 aliphatic carbocycles. The molecule has 1 saturated heterocycles. The Balaban J connectivity index is 0.00000180.